The summed E-state index contributed by atoms with van der Waals surface area (Å²) in [7, 11) is 1.62. The minimum absolute atomic E-state index is 0.391. The number of halogens is 1. The Kier molecular flexibility index (Phi) is 4.11. The molecule has 3 rings (SSSR count). The van der Waals surface area contributed by atoms with Crippen LogP contribution in [0.15, 0.2) is 18.2 Å². The van der Waals surface area contributed by atoms with Gasteiger partial charge >= 0.3 is 0 Å². The minimum atomic E-state index is 0.391. The van der Waals surface area contributed by atoms with Crippen LogP contribution in [0.25, 0.3) is 11.4 Å². The molecule has 2 aromatic rings. The zero-order valence-electron chi connectivity index (χ0n) is 11.4. The first kappa shape index (κ1) is 14.3. The molecule has 7 heteroatoms. The highest BCUT2D eigenvalue weighted by Crippen LogP contribution is 2.34. The molecule has 2 N–H and O–H groups in total. The van der Waals surface area contributed by atoms with Crippen molar-refractivity contribution in [2.24, 2.45) is 0 Å². The number of hydrogen-bond donors (Lipinski definition) is 1. The average molecular weight is 399 g/mol. The van der Waals surface area contributed by atoms with Crippen LogP contribution in [0.1, 0.15) is 5.69 Å². The molecule has 1 aliphatic heterocycles. The number of anilines is 1. The summed E-state index contributed by atoms with van der Waals surface area (Å²) in [6.07, 6.45) is 0. The van der Waals surface area contributed by atoms with Gasteiger partial charge in [-0.2, -0.15) is 0 Å². The van der Waals surface area contributed by atoms with Crippen molar-refractivity contribution in [3.63, 3.8) is 0 Å². The van der Waals surface area contributed by atoms with E-state index in [4.69, 9.17) is 19.9 Å². The summed E-state index contributed by atoms with van der Waals surface area (Å²) in [6.45, 7) is 1.50. The lowest BCUT2D eigenvalue weighted by atomic mass is 10.1. The molecule has 0 amide bonds. The number of hydrogen-bond acceptors (Lipinski definition) is 6. The SMILES string of the molecule is COCc1nc(-c2ccc3c(c2)OCCO3)nc(N)c1I. The maximum Gasteiger partial charge on any atom is 0.162 e. The summed E-state index contributed by atoms with van der Waals surface area (Å²) in [5.74, 6) is 2.44. The highest BCUT2D eigenvalue weighted by Gasteiger charge is 2.16. The first-order valence-corrected chi connectivity index (χ1v) is 7.47. The van der Waals surface area contributed by atoms with Crippen molar-refractivity contribution in [3.8, 4) is 22.9 Å². The number of ether oxygens (including phenoxy) is 3. The fourth-order valence-electron chi connectivity index (χ4n) is 2.06. The van der Waals surface area contributed by atoms with Gasteiger partial charge in [0.25, 0.3) is 0 Å². The first-order valence-electron chi connectivity index (χ1n) is 6.40. The lowest BCUT2D eigenvalue weighted by Gasteiger charge is -2.18. The predicted octanol–water partition coefficient (Wildman–Crippen LogP) is 2.25. The molecule has 2 heterocycles. The summed E-state index contributed by atoms with van der Waals surface area (Å²) in [6, 6.07) is 5.62. The van der Waals surface area contributed by atoms with Gasteiger partial charge in [-0.15, -0.1) is 0 Å². The Balaban J connectivity index is 2.03. The Morgan fingerprint density at radius 1 is 1.24 bits per heavy atom. The van der Waals surface area contributed by atoms with Gasteiger partial charge in [-0.25, -0.2) is 9.97 Å². The van der Waals surface area contributed by atoms with E-state index in [1.54, 1.807) is 7.11 Å². The fraction of sp³-hybridized carbons (Fsp3) is 0.286. The molecule has 21 heavy (non-hydrogen) atoms. The van der Waals surface area contributed by atoms with Gasteiger partial charge in [-0.3, -0.25) is 0 Å². The smallest absolute Gasteiger partial charge is 0.162 e. The van der Waals surface area contributed by atoms with Crippen molar-refractivity contribution >= 4 is 28.4 Å². The van der Waals surface area contributed by atoms with E-state index in [9.17, 15) is 0 Å². The highest BCUT2D eigenvalue weighted by atomic mass is 127. The number of methoxy groups -OCH3 is 1. The van der Waals surface area contributed by atoms with Gasteiger partial charge in [-0.05, 0) is 40.8 Å². The Bertz CT molecular complexity index is 679. The van der Waals surface area contributed by atoms with Crippen LogP contribution in [0, 0.1) is 3.57 Å². The van der Waals surface area contributed by atoms with E-state index in [2.05, 4.69) is 32.6 Å². The number of nitrogen functional groups attached to an aromatic ring is 1. The van der Waals surface area contributed by atoms with Gasteiger partial charge in [-0.1, -0.05) is 0 Å². The second-order valence-electron chi connectivity index (χ2n) is 4.48. The molecule has 0 radical (unpaired) electrons. The van der Waals surface area contributed by atoms with Crippen molar-refractivity contribution in [2.45, 2.75) is 6.61 Å². The van der Waals surface area contributed by atoms with Crippen LogP contribution in [0.3, 0.4) is 0 Å². The van der Waals surface area contributed by atoms with E-state index in [1.165, 1.54) is 0 Å². The third kappa shape index (κ3) is 2.88. The van der Waals surface area contributed by atoms with Crippen molar-refractivity contribution in [1.29, 1.82) is 0 Å². The largest absolute Gasteiger partial charge is 0.486 e. The predicted molar refractivity (Wildman–Crippen MR) is 86.3 cm³/mol. The third-order valence-electron chi connectivity index (χ3n) is 3.03. The third-order valence-corrected chi connectivity index (χ3v) is 4.20. The average Bonchev–Trinajstić information content (AvgIpc) is 2.51. The number of nitrogens with two attached hydrogens (primary N) is 1. The van der Waals surface area contributed by atoms with Crippen LogP contribution in [-0.2, 0) is 11.3 Å². The molecule has 1 aromatic heterocycles. The molecule has 0 aliphatic carbocycles. The van der Waals surface area contributed by atoms with Gasteiger partial charge in [0, 0.05) is 12.7 Å². The maximum absolute atomic E-state index is 5.96. The van der Waals surface area contributed by atoms with E-state index in [0.29, 0.717) is 37.2 Å². The van der Waals surface area contributed by atoms with Crippen LogP contribution in [-0.4, -0.2) is 30.3 Å². The molecule has 0 bridgehead atoms. The second kappa shape index (κ2) is 6.02. The van der Waals surface area contributed by atoms with Gasteiger partial charge in [0.1, 0.15) is 19.0 Å². The van der Waals surface area contributed by atoms with E-state index in [1.807, 2.05) is 18.2 Å². The molecular weight excluding hydrogens is 385 g/mol. The van der Waals surface area contributed by atoms with E-state index in [0.717, 1.165) is 20.6 Å². The fourth-order valence-corrected chi connectivity index (χ4v) is 2.45. The molecule has 0 saturated heterocycles. The first-order chi connectivity index (χ1) is 10.2. The van der Waals surface area contributed by atoms with Crippen molar-refractivity contribution in [3.05, 3.63) is 27.5 Å². The lowest BCUT2D eigenvalue weighted by molar-refractivity contribution is 0.171. The van der Waals surface area contributed by atoms with Crippen LogP contribution >= 0.6 is 22.6 Å². The summed E-state index contributed by atoms with van der Waals surface area (Å²) >= 11 is 2.12. The molecule has 0 fully saturated rings. The molecule has 6 nitrogen and oxygen atoms in total. The van der Waals surface area contributed by atoms with E-state index >= 15 is 0 Å². The zero-order valence-corrected chi connectivity index (χ0v) is 13.6. The van der Waals surface area contributed by atoms with Crippen LogP contribution in [0.5, 0.6) is 11.5 Å². The monoisotopic (exact) mass is 399 g/mol. The second-order valence-corrected chi connectivity index (χ2v) is 5.56. The van der Waals surface area contributed by atoms with Gasteiger partial charge < -0.3 is 19.9 Å². The topological polar surface area (TPSA) is 79.5 Å². The Morgan fingerprint density at radius 2 is 2.00 bits per heavy atom. The molecule has 0 saturated carbocycles. The minimum Gasteiger partial charge on any atom is -0.486 e. The van der Waals surface area contributed by atoms with Crippen molar-refractivity contribution in [1.82, 2.24) is 9.97 Å². The van der Waals surface area contributed by atoms with Crippen LogP contribution in [0.4, 0.5) is 5.82 Å². The van der Waals surface area contributed by atoms with Gasteiger partial charge in [0.15, 0.2) is 17.3 Å². The summed E-state index contributed by atoms with van der Waals surface area (Å²) < 4.78 is 17.1. The maximum atomic E-state index is 5.96. The molecule has 110 valence electrons. The quantitative estimate of drug-likeness (QED) is 0.798. The van der Waals surface area contributed by atoms with Crippen LogP contribution < -0.4 is 15.2 Å². The van der Waals surface area contributed by atoms with E-state index < -0.39 is 0 Å². The Labute approximate surface area is 135 Å². The van der Waals surface area contributed by atoms with E-state index in [-0.39, 0.29) is 0 Å². The van der Waals surface area contributed by atoms with Gasteiger partial charge in [0.2, 0.25) is 0 Å². The normalized spacial score (nSPS) is 13.2. The summed E-state index contributed by atoms with van der Waals surface area (Å²) in [5, 5.41) is 0. The van der Waals surface area contributed by atoms with Gasteiger partial charge in [0.05, 0.1) is 15.9 Å². The standard InChI is InChI=1S/C14H14IN3O3/c1-19-7-9-12(15)13(16)18-14(17-9)8-2-3-10-11(6-8)21-5-4-20-10/h2-3,6H,4-5,7H2,1H3,(H2,16,17,18). The number of nitrogens with zero attached hydrogens (tertiary/aromatic N) is 2. The summed E-state index contributed by atoms with van der Waals surface area (Å²) in [4.78, 5) is 8.86. The number of rotatable bonds is 3. The van der Waals surface area contributed by atoms with Crippen molar-refractivity contribution in [2.75, 3.05) is 26.1 Å². The molecule has 0 unspecified atom stereocenters. The number of benzene rings is 1. The Hall–Kier alpha value is -1.61. The number of fused-ring (bicyclic) bond motifs is 1. The number of aromatic nitrogens is 2. The highest BCUT2D eigenvalue weighted by molar-refractivity contribution is 14.1. The lowest BCUT2D eigenvalue weighted by Crippen LogP contribution is -2.15. The molecular formula is C14H14IN3O3. The molecule has 0 spiro atoms. The molecule has 1 aliphatic rings. The van der Waals surface area contributed by atoms with Crippen LogP contribution in [0.2, 0.25) is 0 Å². The van der Waals surface area contributed by atoms with Crippen molar-refractivity contribution < 1.29 is 14.2 Å². The summed E-state index contributed by atoms with van der Waals surface area (Å²) in [5.41, 5.74) is 7.56. The Morgan fingerprint density at radius 3 is 2.76 bits per heavy atom. The molecule has 1 aromatic carbocycles. The molecule has 0 atom stereocenters. The zero-order chi connectivity index (χ0) is 14.8.